The number of carbonyl (C=O) groups is 1. The summed E-state index contributed by atoms with van der Waals surface area (Å²) >= 11 is 0. The summed E-state index contributed by atoms with van der Waals surface area (Å²) in [6, 6.07) is 29.2. The van der Waals surface area contributed by atoms with E-state index in [1.54, 1.807) is 0 Å². The molecule has 3 aromatic rings. The Morgan fingerprint density at radius 3 is 1.92 bits per heavy atom. The summed E-state index contributed by atoms with van der Waals surface area (Å²) in [6.45, 7) is 0.618. The largest absolute Gasteiger partial charge is 0.383 e. The standard InChI is InChI=1S/C21H20N2O/c24-21(18-12-6-2-7-13-18)23-20(17-10-4-1-5-11-17)16-22-19-14-8-3-9-15-19/h1-15,20,22H,16H2,(H,23,24). The fraction of sp³-hybridized carbons (Fsp3) is 0.0952. The highest BCUT2D eigenvalue weighted by molar-refractivity contribution is 5.94. The Morgan fingerprint density at radius 2 is 1.29 bits per heavy atom. The molecule has 0 bridgehead atoms. The van der Waals surface area contributed by atoms with Crippen LogP contribution in [-0.4, -0.2) is 12.5 Å². The van der Waals surface area contributed by atoms with Gasteiger partial charge in [0.25, 0.3) is 5.91 Å². The number of hydrogen-bond donors (Lipinski definition) is 2. The van der Waals surface area contributed by atoms with E-state index in [-0.39, 0.29) is 11.9 Å². The second-order valence-electron chi connectivity index (χ2n) is 5.55. The van der Waals surface area contributed by atoms with E-state index in [1.807, 2.05) is 91.0 Å². The molecule has 3 nitrogen and oxygen atoms in total. The Hall–Kier alpha value is -3.07. The molecule has 0 aliphatic rings. The van der Waals surface area contributed by atoms with Crippen LogP contribution in [0.15, 0.2) is 91.0 Å². The average molecular weight is 316 g/mol. The number of carbonyl (C=O) groups excluding carboxylic acids is 1. The number of benzene rings is 3. The van der Waals surface area contributed by atoms with Gasteiger partial charge in [0.15, 0.2) is 0 Å². The molecule has 24 heavy (non-hydrogen) atoms. The predicted octanol–water partition coefficient (Wildman–Crippen LogP) is 4.27. The van der Waals surface area contributed by atoms with Crippen molar-refractivity contribution >= 4 is 11.6 Å². The van der Waals surface area contributed by atoms with E-state index >= 15 is 0 Å². The maximum absolute atomic E-state index is 12.5. The summed E-state index contributed by atoms with van der Waals surface area (Å²) in [5, 5.41) is 6.50. The zero-order valence-electron chi connectivity index (χ0n) is 13.4. The van der Waals surface area contributed by atoms with Gasteiger partial charge >= 0.3 is 0 Å². The molecular weight excluding hydrogens is 296 g/mol. The highest BCUT2D eigenvalue weighted by Gasteiger charge is 2.15. The van der Waals surface area contributed by atoms with Gasteiger partial charge < -0.3 is 10.6 Å². The number of amides is 1. The van der Waals surface area contributed by atoms with Gasteiger partial charge in [-0.2, -0.15) is 0 Å². The molecule has 0 aromatic heterocycles. The van der Waals surface area contributed by atoms with Gasteiger partial charge in [-0.05, 0) is 29.8 Å². The first-order chi connectivity index (χ1) is 11.8. The SMILES string of the molecule is O=C(NC(CNc1ccccc1)c1ccccc1)c1ccccc1. The molecule has 0 spiro atoms. The van der Waals surface area contributed by atoms with Crippen molar-refractivity contribution in [2.45, 2.75) is 6.04 Å². The summed E-state index contributed by atoms with van der Waals surface area (Å²) in [4.78, 5) is 12.5. The minimum absolute atomic E-state index is 0.0701. The Bertz CT molecular complexity index is 758. The maximum atomic E-state index is 12.5. The second-order valence-corrected chi connectivity index (χ2v) is 5.55. The van der Waals surface area contributed by atoms with Crippen LogP contribution in [0.4, 0.5) is 5.69 Å². The van der Waals surface area contributed by atoms with Crippen LogP contribution in [0.2, 0.25) is 0 Å². The molecule has 0 aliphatic carbocycles. The molecule has 0 fully saturated rings. The molecule has 0 radical (unpaired) electrons. The fourth-order valence-electron chi connectivity index (χ4n) is 2.54. The Kier molecular flexibility index (Phi) is 5.25. The molecule has 0 saturated heterocycles. The molecule has 1 amide bonds. The minimum Gasteiger partial charge on any atom is -0.383 e. The smallest absolute Gasteiger partial charge is 0.251 e. The van der Waals surface area contributed by atoms with E-state index in [0.29, 0.717) is 12.1 Å². The van der Waals surface area contributed by atoms with Gasteiger partial charge in [-0.3, -0.25) is 4.79 Å². The first-order valence-electron chi connectivity index (χ1n) is 8.03. The van der Waals surface area contributed by atoms with Crippen molar-refractivity contribution in [1.29, 1.82) is 0 Å². The lowest BCUT2D eigenvalue weighted by Crippen LogP contribution is -2.33. The lowest BCUT2D eigenvalue weighted by Gasteiger charge is -2.20. The Morgan fingerprint density at radius 1 is 0.750 bits per heavy atom. The highest BCUT2D eigenvalue weighted by Crippen LogP contribution is 2.15. The van der Waals surface area contributed by atoms with Crippen molar-refractivity contribution in [2.75, 3.05) is 11.9 Å². The summed E-state index contributed by atoms with van der Waals surface area (Å²) < 4.78 is 0. The van der Waals surface area contributed by atoms with E-state index < -0.39 is 0 Å². The predicted molar refractivity (Wildman–Crippen MR) is 98.0 cm³/mol. The van der Waals surface area contributed by atoms with E-state index in [2.05, 4.69) is 10.6 Å². The average Bonchev–Trinajstić information content (AvgIpc) is 2.67. The van der Waals surface area contributed by atoms with E-state index in [0.717, 1.165) is 11.3 Å². The normalized spacial score (nSPS) is 11.5. The topological polar surface area (TPSA) is 41.1 Å². The molecule has 2 N–H and O–H groups in total. The zero-order valence-corrected chi connectivity index (χ0v) is 13.4. The molecule has 0 heterocycles. The molecule has 3 aromatic carbocycles. The molecule has 0 aliphatic heterocycles. The number of rotatable bonds is 6. The Balaban J connectivity index is 1.74. The minimum atomic E-state index is -0.112. The first-order valence-corrected chi connectivity index (χ1v) is 8.03. The molecule has 1 atom stereocenters. The number of anilines is 1. The highest BCUT2D eigenvalue weighted by atomic mass is 16.1. The quantitative estimate of drug-likeness (QED) is 0.713. The van der Waals surface area contributed by atoms with Crippen LogP contribution in [0, 0.1) is 0 Å². The van der Waals surface area contributed by atoms with Crippen LogP contribution in [-0.2, 0) is 0 Å². The molecule has 0 saturated carbocycles. The second kappa shape index (κ2) is 7.97. The van der Waals surface area contributed by atoms with Gasteiger partial charge in [0, 0.05) is 17.8 Å². The van der Waals surface area contributed by atoms with Crippen molar-refractivity contribution in [3.63, 3.8) is 0 Å². The summed E-state index contributed by atoms with van der Waals surface area (Å²) in [7, 11) is 0. The molecule has 3 rings (SSSR count). The van der Waals surface area contributed by atoms with E-state index in [4.69, 9.17) is 0 Å². The third-order valence-corrected chi connectivity index (χ3v) is 3.83. The molecule has 3 heteroatoms. The van der Waals surface area contributed by atoms with Crippen LogP contribution in [0.3, 0.4) is 0 Å². The summed E-state index contributed by atoms with van der Waals surface area (Å²) in [5.74, 6) is -0.0701. The zero-order chi connectivity index (χ0) is 16.6. The van der Waals surface area contributed by atoms with Gasteiger partial charge in [-0.1, -0.05) is 66.7 Å². The van der Waals surface area contributed by atoms with Crippen molar-refractivity contribution in [3.05, 3.63) is 102 Å². The van der Waals surface area contributed by atoms with Gasteiger partial charge in [-0.15, -0.1) is 0 Å². The van der Waals surface area contributed by atoms with Crippen LogP contribution in [0.5, 0.6) is 0 Å². The number of nitrogens with one attached hydrogen (secondary N) is 2. The van der Waals surface area contributed by atoms with E-state index in [1.165, 1.54) is 0 Å². The number of para-hydroxylation sites is 1. The van der Waals surface area contributed by atoms with Crippen molar-refractivity contribution in [3.8, 4) is 0 Å². The van der Waals surface area contributed by atoms with Crippen LogP contribution >= 0.6 is 0 Å². The van der Waals surface area contributed by atoms with Crippen LogP contribution in [0.25, 0.3) is 0 Å². The van der Waals surface area contributed by atoms with E-state index in [9.17, 15) is 4.79 Å². The van der Waals surface area contributed by atoms with Crippen molar-refractivity contribution in [1.82, 2.24) is 5.32 Å². The summed E-state index contributed by atoms with van der Waals surface area (Å²) in [6.07, 6.45) is 0. The van der Waals surface area contributed by atoms with Crippen LogP contribution in [0.1, 0.15) is 22.0 Å². The summed E-state index contributed by atoms with van der Waals surface area (Å²) in [5.41, 5.74) is 2.77. The Labute approximate surface area is 142 Å². The van der Waals surface area contributed by atoms with Gasteiger partial charge in [-0.25, -0.2) is 0 Å². The van der Waals surface area contributed by atoms with Crippen LogP contribution < -0.4 is 10.6 Å². The van der Waals surface area contributed by atoms with Gasteiger partial charge in [0.2, 0.25) is 0 Å². The monoisotopic (exact) mass is 316 g/mol. The third-order valence-electron chi connectivity index (χ3n) is 3.83. The molecular formula is C21H20N2O. The lowest BCUT2D eigenvalue weighted by atomic mass is 10.1. The molecule has 120 valence electrons. The van der Waals surface area contributed by atoms with Crippen molar-refractivity contribution < 1.29 is 4.79 Å². The van der Waals surface area contributed by atoms with Crippen molar-refractivity contribution in [2.24, 2.45) is 0 Å². The van der Waals surface area contributed by atoms with Gasteiger partial charge in [0.1, 0.15) is 0 Å². The molecule has 1 unspecified atom stereocenters. The number of hydrogen-bond acceptors (Lipinski definition) is 2. The fourth-order valence-corrected chi connectivity index (χ4v) is 2.54. The maximum Gasteiger partial charge on any atom is 0.251 e. The first kappa shape index (κ1) is 15.8. The van der Waals surface area contributed by atoms with Gasteiger partial charge in [0.05, 0.1) is 6.04 Å². The lowest BCUT2D eigenvalue weighted by molar-refractivity contribution is 0.0938. The third kappa shape index (κ3) is 4.23.